The molecule has 0 saturated heterocycles. The van der Waals surface area contributed by atoms with Crippen molar-refractivity contribution in [3.05, 3.63) is 65.9 Å². The topological polar surface area (TPSA) is 50.2 Å². The summed E-state index contributed by atoms with van der Waals surface area (Å²) < 4.78 is 0. The van der Waals surface area contributed by atoms with E-state index in [0.29, 0.717) is 6.42 Å². The number of benzene rings is 2. The Balaban J connectivity index is 1.73. The third-order valence-electron chi connectivity index (χ3n) is 5.78. The molecule has 1 aromatic heterocycles. The fraction of sp³-hybridized carbons (Fsp3) is 0.360. The van der Waals surface area contributed by atoms with Crippen molar-refractivity contribution in [2.45, 2.75) is 51.4 Å². The average molecular weight is 373 g/mol. The number of carboxylic acids is 1. The Bertz CT molecular complexity index is 981. The highest BCUT2D eigenvalue weighted by atomic mass is 16.4. The summed E-state index contributed by atoms with van der Waals surface area (Å²) in [6, 6.07) is 19.0. The van der Waals surface area contributed by atoms with Gasteiger partial charge in [0.1, 0.15) is 0 Å². The van der Waals surface area contributed by atoms with Crippen LogP contribution in [-0.2, 0) is 11.2 Å². The molecule has 3 nitrogen and oxygen atoms in total. The summed E-state index contributed by atoms with van der Waals surface area (Å²) >= 11 is 0. The van der Waals surface area contributed by atoms with Gasteiger partial charge in [-0.25, -0.2) is 0 Å². The van der Waals surface area contributed by atoms with Gasteiger partial charge in [0.15, 0.2) is 0 Å². The van der Waals surface area contributed by atoms with Crippen molar-refractivity contribution in [2.75, 3.05) is 0 Å². The minimum absolute atomic E-state index is 0.0399. The fourth-order valence-corrected chi connectivity index (χ4v) is 4.05. The van der Waals surface area contributed by atoms with Crippen LogP contribution in [0.1, 0.15) is 56.2 Å². The van der Waals surface area contributed by atoms with Gasteiger partial charge in [0.05, 0.1) is 11.4 Å². The summed E-state index contributed by atoms with van der Waals surface area (Å²) in [5.74, 6) is -0.958. The number of carbonyl (C=O) groups is 1. The van der Waals surface area contributed by atoms with Crippen molar-refractivity contribution in [3.8, 4) is 11.1 Å². The van der Waals surface area contributed by atoms with Crippen LogP contribution in [0.3, 0.4) is 0 Å². The van der Waals surface area contributed by atoms with Crippen LogP contribution in [0.4, 0.5) is 0 Å². The number of nitrogens with zero attached hydrogens (tertiary/aromatic N) is 1. The van der Waals surface area contributed by atoms with Crippen molar-refractivity contribution < 1.29 is 9.90 Å². The van der Waals surface area contributed by atoms with E-state index < -0.39 is 5.97 Å². The number of carboxylic acid groups (broad SMARTS) is 1. The van der Waals surface area contributed by atoms with Gasteiger partial charge in [0, 0.05) is 17.0 Å². The summed E-state index contributed by atoms with van der Waals surface area (Å²) in [5, 5.41) is 10.5. The zero-order chi connectivity index (χ0) is 19.5. The second kappa shape index (κ2) is 8.14. The van der Waals surface area contributed by atoms with E-state index >= 15 is 0 Å². The van der Waals surface area contributed by atoms with E-state index in [0.717, 1.165) is 34.1 Å². The Labute approximate surface area is 166 Å². The lowest BCUT2D eigenvalue weighted by Crippen LogP contribution is -2.01. The summed E-state index contributed by atoms with van der Waals surface area (Å²) in [5.41, 5.74) is 5.54. The molecule has 3 aromatic rings. The van der Waals surface area contributed by atoms with E-state index in [1.165, 1.54) is 31.2 Å². The van der Waals surface area contributed by atoms with E-state index in [9.17, 15) is 9.90 Å². The Kier molecular flexibility index (Phi) is 5.43. The summed E-state index contributed by atoms with van der Waals surface area (Å²) in [7, 11) is 0. The van der Waals surface area contributed by atoms with E-state index in [2.05, 4.69) is 43.3 Å². The molecule has 1 N–H and O–H groups in total. The van der Waals surface area contributed by atoms with Gasteiger partial charge in [-0.1, -0.05) is 62.6 Å². The second-order valence-electron chi connectivity index (χ2n) is 7.91. The maximum Gasteiger partial charge on any atom is 0.307 e. The number of rotatable bonds is 8. The molecular weight excluding hydrogens is 346 g/mol. The molecule has 2 unspecified atom stereocenters. The van der Waals surface area contributed by atoms with E-state index in [-0.39, 0.29) is 11.8 Å². The average Bonchev–Trinajstić information content (AvgIpc) is 3.52. The third-order valence-corrected chi connectivity index (χ3v) is 5.78. The molecule has 1 heterocycles. The van der Waals surface area contributed by atoms with E-state index in [4.69, 9.17) is 4.98 Å². The van der Waals surface area contributed by atoms with Crippen LogP contribution in [0.15, 0.2) is 54.6 Å². The third kappa shape index (κ3) is 3.94. The summed E-state index contributed by atoms with van der Waals surface area (Å²) in [4.78, 5) is 16.2. The molecule has 1 aliphatic carbocycles. The Hall–Kier alpha value is -2.68. The smallest absolute Gasteiger partial charge is 0.307 e. The van der Waals surface area contributed by atoms with Gasteiger partial charge in [-0.3, -0.25) is 9.78 Å². The quantitative estimate of drug-likeness (QED) is 0.477. The van der Waals surface area contributed by atoms with Crippen LogP contribution < -0.4 is 0 Å². The molecular formula is C25H27NO2. The van der Waals surface area contributed by atoms with Crippen molar-refractivity contribution in [1.82, 2.24) is 4.98 Å². The molecule has 0 amide bonds. The van der Waals surface area contributed by atoms with Crippen LogP contribution in [0, 0.1) is 5.92 Å². The highest BCUT2D eigenvalue weighted by Crippen LogP contribution is 2.48. The molecule has 28 heavy (non-hydrogen) atoms. The molecule has 2 aromatic carbocycles. The fourth-order valence-electron chi connectivity index (χ4n) is 4.05. The summed E-state index contributed by atoms with van der Waals surface area (Å²) in [6.07, 6.45) is 6.82. The Morgan fingerprint density at radius 3 is 2.61 bits per heavy atom. The number of aromatic nitrogens is 1. The minimum Gasteiger partial charge on any atom is -0.481 e. The first-order chi connectivity index (χ1) is 13.7. The Morgan fingerprint density at radius 2 is 1.89 bits per heavy atom. The van der Waals surface area contributed by atoms with E-state index in [1.807, 2.05) is 18.2 Å². The maximum absolute atomic E-state index is 11.3. The standard InChI is InChI=1S/C25H27NO2/c1-2-3-4-6-9-17-12-13-23-20(14-17)19(18-10-7-5-8-11-18)16-24(26-23)21-15-22(21)25(27)28/h5,7-8,10-14,16,21-22H,2-4,6,9,15H2,1H3,(H,27,28). The molecule has 0 spiro atoms. The lowest BCUT2D eigenvalue weighted by atomic mass is 9.96. The molecule has 1 fully saturated rings. The predicted octanol–water partition coefficient (Wildman–Crippen LogP) is 6.21. The Morgan fingerprint density at radius 1 is 1.07 bits per heavy atom. The number of pyridine rings is 1. The first-order valence-electron chi connectivity index (χ1n) is 10.4. The normalized spacial score (nSPS) is 18.3. The largest absolute Gasteiger partial charge is 0.481 e. The van der Waals surface area contributed by atoms with Crippen molar-refractivity contribution in [3.63, 3.8) is 0 Å². The molecule has 4 rings (SSSR count). The van der Waals surface area contributed by atoms with Gasteiger partial charge >= 0.3 is 5.97 Å². The monoisotopic (exact) mass is 373 g/mol. The molecule has 0 bridgehead atoms. The zero-order valence-electron chi connectivity index (χ0n) is 16.4. The number of fused-ring (bicyclic) bond motifs is 1. The maximum atomic E-state index is 11.3. The molecule has 0 aliphatic heterocycles. The van der Waals surface area contributed by atoms with E-state index in [1.54, 1.807) is 0 Å². The number of aliphatic carboxylic acids is 1. The molecule has 2 atom stereocenters. The minimum atomic E-state index is -0.712. The van der Waals surface area contributed by atoms with Crippen LogP contribution in [0.25, 0.3) is 22.0 Å². The van der Waals surface area contributed by atoms with Crippen LogP contribution in [0.5, 0.6) is 0 Å². The van der Waals surface area contributed by atoms with Crippen molar-refractivity contribution in [2.24, 2.45) is 5.92 Å². The van der Waals surface area contributed by atoms with Gasteiger partial charge in [-0.15, -0.1) is 0 Å². The number of aryl methyl sites for hydroxylation is 1. The van der Waals surface area contributed by atoms with Crippen LogP contribution in [0.2, 0.25) is 0 Å². The SMILES string of the molecule is CCCCCCc1ccc2nc(C3CC3C(=O)O)cc(-c3ccccc3)c2c1. The molecule has 3 heteroatoms. The van der Waals surface area contributed by atoms with Gasteiger partial charge < -0.3 is 5.11 Å². The molecule has 144 valence electrons. The zero-order valence-corrected chi connectivity index (χ0v) is 16.4. The first-order valence-corrected chi connectivity index (χ1v) is 10.4. The number of hydrogen-bond donors (Lipinski definition) is 1. The number of hydrogen-bond acceptors (Lipinski definition) is 2. The predicted molar refractivity (Wildman–Crippen MR) is 114 cm³/mol. The molecule has 1 saturated carbocycles. The number of unbranched alkanes of at least 4 members (excludes halogenated alkanes) is 3. The van der Waals surface area contributed by atoms with Crippen molar-refractivity contribution >= 4 is 16.9 Å². The second-order valence-corrected chi connectivity index (χ2v) is 7.91. The van der Waals surface area contributed by atoms with Gasteiger partial charge in [0.2, 0.25) is 0 Å². The molecule has 1 aliphatic rings. The molecule has 0 radical (unpaired) electrons. The van der Waals surface area contributed by atoms with Gasteiger partial charge in [-0.2, -0.15) is 0 Å². The lowest BCUT2D eigenvalue weighted by Gasteiger charge is -2.12. The highest BCUT2D eigenvalue weighted by Gasteiger charge is 2.45. The summed E-state index contributed by atoms with van der Waals surface area (Å²) in [6.45, 7) is 2.24. The van der Waals surface area contributed by atoms with Gasteiger partial charge in [0.25, 0.3) is 0 Å². The van der Waals surface area contributed by atoms with Crippen LogP contribution in [-0.4, -0.2) is 16.1 Å². The highest BCUT2D eigenvalue weighted by molar-refractivity contribution is 5.95. The lowest BCUT2D eigenvalue weighted by molar-refractivity contribution is -0.138. The van der Waals surface area contributed by atoms with Crippen molar-refractivity contribution in [1.29, 1.82) is 0 Å². The first kappa shape index (κ1) is 18.7. The van der Waals surface area contributed by atoms with Gasteiger partial charge in [-0.05, 0) is 54.2 Å². The van der Waals surface area contributed by atoms with Crippen LogP contribution >= 0.6 is 0 Å².